The van der Waals surface area contributed by atoms with E-state index in [1.165, 1.54) is 0 Å². The van der Waals surface area contributed by atoms with Crippen LogP contribution in [0.2, 0.25) is 5.02 Å². The number of aromatic nitrogens is 2. The summed E-state index contributed by atoms with van der Waals surface area (Å²) in [4.78, 5) is 4.60. The highest BCUT2D eigenvalue weighted by Gasteiger charge is 2.21. The van der Waals surface area contributed by atoms with Gasteiger partial charge in [-0.15, -0.1) is 0 Å². The standard InChI is InChI=1S/C26H26ClN3O3/c27-23-14-8-7-13-21(23)17-32-18-22(31)16-28-24(15-19-9-3-1-4-10-19)26-29-25(30-33-26)20-11-5-2-6-12-20/h1-14,22,24,28,31H,15-18H2. The van der Waals surface area contributed by atoms with Crippen molar-refractivity contribution in [3.8, 4) is 11.4 Å². The van der Waals surface area contributed by atoms with Crippen LogP contribution in [-0.4, -0.2) is 34.5 Å². The van der Waals surface area contributed by atoms with Gasteiger partial charge in [-0.1, -0.05) is 95.6 Å². The molecule has 1 heterocycles. The largest absolute Gasteiger partial charge is 0.389 e. The van der Waals surface area contributed by atoms with E-state index in [9.17, 15) is 5.11 Å². The van der Waals surface area contributed by atoms with Gasteiger partial charge in [-0.25, -0.2) is 0 Å². The summed E-state index contributed by atoms with van der Waals surface area (Å²) < 4.78 is 11.2. The van der Waals surface area contributed by atoms with Gasteiger partial charge in [-0.2, -0.15) is 4.98 Å². The molecule has 2 unspecified atom stereocenters. The molecule has 0 radical (unpaired) electrons. The molecule has 0 spiro atoms. The highest BCUT2D eigenvalue weighted by atomic mass is 35.5. The highest BCUT2D eigenvalue weighted by Crippen LogP contribution is 2.21. The first-order chi connectivity index (χ1) is 16.2. The third kappa shape index (κ3) is 6.73. The first-order valence-electron chi connectivity index (χ1n) is 10.8. The Labute approximate surface area is 198 Å². The Balaban J connectivity index is 1.38. The Morgan fingerprint density at radius 1 is 0.939 bits per heavy atom. The van der Waals surface area contributed by atoms with Gasteiger partial charge in [-0.3, -0.25) is 0 Å². The maximum atomic E-state index is 10.5. The number of hydrogen-bond acceptors (Lipinski definition) is 6. The molecule has 7 heteroatoms. The SMILES string of the molecule is OC(CNC(Cc1ccccc1)c1nc(-c2ccccc2)no1)COCc1ccccc1Cl. The van der Waals surface area contributed by atoms with Crippen molar-refractivity contribution < 1.29 is 14.4 Å². The molecule has 0 aliphatic carbocycles. The molecular weight excluding hydrogens is 438 g/mol. The van der Waals surface area contributed by atoms with Gasteiger partial charge in [-0.05, 0) is 23.6 Å². The number of nitrogens with zero attached hydrogens (tertiary/aromatic N) is 2. The summed E-state index contributed by atoms with van der Waals surface area (Å²) >= 11 is 6.16. The van der Waals surface area contributed by atoms with Crippen LogP contribution in [0.5, 0.6) is 0 Å². The summed E-state index contributed by atoms with van der Waals surface area (Å²) in [6, 6.07) is 27.0. The minimum absolute atomic E-state index is 0.176. The molecule has 0 bridgehead atoms. The summed E-state index contributed by atoms with van der Waals surface area (Å²) in [6.07, 6.45) is -0.0629. The summed E-state index contributed by atoms with van der Waals surface area (Å²) in [5.74, 6) is 1.01. The van der Waals surface area contributed by atoms with E-state index in [0.29, 0.717) is 36.3 Å². The van der Waals surface area contributed by atoms with Gasteiger partial charge in [0.1, 0.15) is 0 Å². The Kier molecular flexibility index (Phi) is 8.22. The van der Waals surface area contributed by atoms with Gasteiger partial charge in [0, 0.05) is 17.1 Å². The number of benzene rings is 3. The van der Waals surface area contributed by atoms with E-state index in [2.05, 4.69) is 15.5 Å². The van der Waals surface area contributed by atoms with Crippen molar-refractivity contribution in [1.82, 2.24) is 15.5 Å². The van der Waals surface area contributed by atoms with Gasteiger partial charge in [0.2, 0.25) is 11.7 Å². The number of aliphatic hydroxyl groups excluding tert-OH is 1. The minimum Gasteiger partial charge on any atom is -0.389 e. The van der Waals surface area contributed by atoms with E-state index in [0.717, 1.165) is 16.7 Å². The number of halogens is 1. The fourth-order valence-electron chi connectivity index (χ4n) is 3.44. The first kappa shape index (κ1) is 23.1. The van der Waals surface area contributed by atoms with Crippen LogP contribution in [0.25, 0.3) is 11.4 Å². The van der Waals surface area contributed by atoms with Crippen molar-refractivity contribution in [1.29, 1.82) is 0 Å². The molecule has 0 aliphatic rings. The Bertz CT molecular complexity index is 1120. The molecule has 33 heavy (non-hydrogen) atoms. The maximum absolute atomic E-state index is 10.5. The van der Waals surface area contributed by atoms with E-state index in [4.69, 9.17) is 20.9 Å². The van der Waals surface area contributed by atoms with Crippen LogP contribution in [0.3, 0.4) is 0 Å². The van der Waals surface area contributed by atoms with Crippen molar-refractivity contribution in [2.75, 3.05) is 13.2 Å². The molecule has 0 saturated carbocycles. The lowest BCUT2D eigenvalue weighted by molar-refractivity contribution is 0.0271. The molecule has 1 aromatic heterocycles. The highest BCUT2D eigenvalue weighted by molar-refractivity contribution is 6.31. The molecule has 4 rings (SSSR count). The van der Waals surface area contributed by atoms with E-state index in [1.54, 1.807) is 0 Å². The van der Waals surface area contributed by atoms with Crippen molar-refractivity contribution >= 4 is 11.6 Å². The topological polar surface area (TPSA) is 80.4 Å². The average molecular weight is 464 g/mol. The summed E-state index contributed by atoms with van der Waals surface area (Å²) in [5.41, 5.74) is 2.90. The van der Waals surface area contributed by atoms with Crippen LogP contribution < -0.4 is 5.32 Å². The number of rotatable bonds is 11. The Hall–Kier alpha value is -3.03. The zero-order valence-electron chi connectivity index (χ0n) is 18.1. The van der Waals surface area contributed by atoms with E-state index in [1.807, 2.05) is 84.9 Å². The smallest absolute Gasteiger partial charge is 0.244 e. The van der Waals surface area contributed by atoms with E-state index >= 15 is 0 Å². The molecule has 0 fully saturated rings. The number of aliphatic hydroxyl groups is 1. The Morgan fingerprint density at radius 2 is 1.64 bits per heavy atom. The molecule has 0 amide bonds. The van der Waals surface area contributed by atoms with Gasteiger partial charge in [0.15, 0.2) is 0 Å². The molecular formula is C26H26ClN3O3. The average Bonchev–Trinajstić information content (AvgIpc) is 3.34. The lowest BCUT2D eigenvalue weighted by Crippen LogP contribution is -2.34. The van der Waals surface area contributed by atoms with Gasteiger partial charge in [0.25, 0.3) is 0 Å². The predicted octanol–water partition coefficient (Wildman–Crippen LogP) is 4.84. The van der Waals surface area contributed by atoms with Crippen LogP contribution >= 0.6 is 11.6 Å². The second-order valence-corrected chi connectivity index (χ2v) is 8.14. The molecule has 0 aliphatic heterocycles. The van der Waals surface area contributed by atoms with Gasteiger partial charge in [0.05, 0.1) is 25.4 Å². The van der Waals surface area contributed by atoms with Crippen molar-refractivity contribution in [2.24, 2.45) is 0 Å². The second kappa shape index (κ2) is 11.7. The fraction of sp³-hybridized carbons (Fsp3) is 0.231. The molecule has 0 saturated heterocycles. The van der Waals surface area contributed by atoms with Crippen LogP contribution in [0, 0.1) is 0 Å². The Morgan fingerprint density at radius 3 is 2.39 bits per heavy atom. The molecule has 170 valence electrons. The fourth-order valence-corrected chi connectivity index (χ4v) is 3.63. The molecule has 4 aromatic rings. The summed E-state index contributed by atoms with van der Waals surface area (Å²) in [6.45, 7) is 0.826. The lowest BCUT2D eigenvalue weighted by atomic mass is 10.1. The first-order valence-corrected chi connectivity index (χ1v) is 11.2. The van der Waals surface area contributed by atoms with Crippen molar-refractivity contribution in [2.45, 2.75) is 25.2 Å². The van der Waals surface area contributed by atoms with Crippen molar-refractivity contribution in [3.63, 3.8) is 0 Å². The quantitative estimate of drug-likeness (QED) is 0.331. The maximum Gasteiger partial charge on any atom is 0.244 e. The molecule has 2 N–H and O–H groups in total. The number of ether oxygens (including phenoxy) is 1. The number of nitrogens with one attached hydrogen (secondary N) is 1. The lowest BCUT2D eigenvalue weighted by Gasteiger charge is -2.18. The third-order valence-corrected chi connectivity index (χ3v) is 5.55. The predicted molar refractivity (Wildman–Crippen MR) is 128 cm³/mol. The summed E-state index contributed by atoms with van der Waals surface area (Å²) in [5, 5.41) is 18.6. The zero-order valence-corrected chi connectivity index (χ0v) is 18.9. The van der Waals surface area contributed by atoms with Gasteiger partial charge >= 0.3 is 0 Å². The van der Waals surface area contributed by atoms with Crippen LogP contribution in [0.1, 0.15) is 23.1 Å². The summed E-state index contributed by atoms with van der Waals surface area (Å²) in [7, 11) is 0. The van der Waals surface area contributed by atoms with E-state index in [-0.39, 0.29) is 12.6 Å². The normalized spacial score (nSPS) is 13.0. The third-order valence-electron chi connectivity index (χ3n) is 5.18. The van der Waals surface area contributed by atoms with Gasteiger partial charge < -0.3 is 19.7 Å². The molecule has 2 atom stereocenters. The molecule has 3 aromatic carbocycles. The van der Waals surface area contributed by atoms with Crippen LogP contribution in [0.15, 0.2) is 89.5 Å². The monoisotopic (exact) mass is 463 g/mol. The molecule has 6 nitrogen and oxygen atoms in total. The zero-order chi connectivity index (χ0) is 22.9. The minimum atomic E-state index is -0.706. The van der Waals surface area contributed by atoms with Crippen molar-refractivity contribution in [3.05, 3.63) is 107 Å². The van der Waals surface area contributed by atoms with E-state index < -0.39 is 6.10 Å². The second-order valence-electron chi connectivity index (χ2n) is 7.73. The van der Waals surface area contributed by atoms with Crippen LogP contribution in [0.4, 0.5) is 0 Å². The van der Waals surface area contributed by atoms with Crippen LogP contribution in [-0.2, 0) is 17.8 Å². The number of hydrogen-bond donors (Lipinski definition) is 2.